The Morgan fingerprint density at radius 2 is 1.47 bits per heavy atom. The maximum atomic E-state index is 13.4. The molecular weight excluding hydrogens is 487 g/mol. The zero-order valence-electron chi connectivity index (χ0n) is 17.1. The smallest absolute Gasteiger partial charge is 0.283 e. The second-order valence-corrected chi connectivity index (χ2v) is 9.59. The highest BCUT2D eigenvalue weighted by molar-refractivity contribution is 8.04. The van der Waals surface area contributed by atoms with Gasteiger partial charge in [0.05, 0.1) is 10.7 Å². The largest absolute Gasteiger partial charge is 0.350 e. The van der Waals surface area contributed by atoms with Crippen molar-refractivity contribution in [3.05, 3.63) is 97.5 Å². The van der Waals surface area contributed by atoms with Crippen molar-refractivity contribution in [1.82, 2.24) is 0 Å². The Balaban J connectivity index is 1.77. The van der Waals surface area contributed by atoms with Crippen LogP contribution in [0.25, 0.3) is 0 Å². The van der Waals surface area contributed by atoms with Crippen molar-refractivity contribution in [1.29, 1.82) is 0 Å². The number of hydrogen-bond donors (Lipinski definition) is 1. The molecule has 0 unspecified atom stereocenters. The number of benzene rings is 3. The molecule has 4 nitrogen and oxygen atoms in total. The van der Waals surface area contributed by atoms with E-state index in [4.69, 9.17) is 34.8 Å². The number of imide groups is 1. The van der Waals surface area contributed by atoms with Crippen molar-refractivity contribution in [2.75, 3.05) is 10.2 Å². The van der Waals surface area contributed by atoms with E-state index >= 15 is 0 Å². The molecule has 0 fully saturated rings. The molecular formula is C24H17Cl3N2O2S. The van der Waals surface area contributed by atoms with Crippen LogP contribution in [0.2, 0.25) is 15.1 Å². The summed E-state index contributed by atoms with van der Waals surface area (Å²) in [4.78, 5) is 28.9. The van der Waals surface area contributed by atoms with E-state index in [1.807, 2.05) is 32.0 Å². The molecule has 1 aliphatic rings. The SMILES string of the molecule is Cc1ccc(NC2=C(Sc3ccc(Cl)cc3)C(=O)N(c3ccc(Cl)cc3Cl)C2=O)cc1C. The Bertz CT molecular complexity index is 1270. The van der Waals surface area contributed by atoms with E-state index < -0.39 is 11.8 Å². The fraction of sp³-hybridized carbons (Fsp3) is 0.0833. The van der Waals surface area contributed by atoms with Gasteiger partial charge in [0.1, 0.15) is 10.6 Å². The third-order valence-corrected chi connectivity index (χ3v) is 6.88. The lowest BCUT2D eigenvalue weighted by Gasteiger charge is -2.17. The monoisotopic (exact) mass is 502 g/mol. The molecule has 2 amide bonds. The van der Waals surface area contributed by atoms with E-state index in [2.05, 4.69) is 5.32 Å². The molecule has 162 valence electrons. The Morgan fingerprint density at radius 3 is 2.12 bits per heavy atom. The molecule has 8 heteroatoms. The summed E-state index contributed by atoms with van der Waals surface area (Å²) in [6.07, 6.45) is 0. The van der Waals surface area contributed by atoms with Crippen molar-refractivity contribution < 1.29 is 9.59 Å². The summed E-state index contributed by atoms with van der Waals surface area (Å²) in [5.74, 6) is -0.959. The molecule has 1 aliphatic heterocycles. The van der Waals surface area contributed by atoms with Crippen LogP contribution in [0.5, 0.6) is 0 Å². The maximum Gasteiger partial charge on any atom is 0.283 e. The summed E-state index contributed by atoms with van der Waals surface area (Å²) in [5, 5.41) is 4.36. The third kappa shape index (κ3) is 4.52. The average Bonchev–Trinajstić information content (AvgIpc) is 2.97. The van der Waals surface area contributed by atoms with Gasteiger partial charge in [-0.1, -0.05) is 52.6 Å². The topological polar surface area (TPSA) is 49.4 Å². The molecule has 3 aromatic carbocycles. The summed E-state index contributed by atoms with van der Waals surface area (Å²) in [5.41, 5.74) is 3.37. The Morgan fingerprint density at radius 1 is 0.781 bits per heavy atom. The number of carbonyl (C=O) groups is 2. The summed E-state index contributed by atoms with van der Waals surface area (Å²) >= 11 is 19.5. The molecule has 4 rings (SSSR count). The zero-order valence-corrected chi connectivity index (χ0v) is 20.2. The first-order chi connectivity index (χ1) is 15.2. The van der Waals surface area contributed by atoms with Crippen LogP contribution < -0.4 is 10.2 Å². The first-order valence-corrected chi connectivity index (χ1v) is 11.6. The number of carbonyl (C=O) groups excluding carboxylic acids is 2. The van der Waals surface area contributed by atoms with Crippen LogP contribution in [0.3, 0.4) is 0 Å². The molecule has 0 aliphatic carbocycles. The van der Waals surface area contributed by atoms with Crippen molar-refractivity contribution in [3.63, 3.8) is 0 Å². The predicted octanol–water partition coefficient (Wildman–Crippen LogP) is 7.25. The van der Waals surface area contributed by atoms with E-state index in [9.17, 15) is 9.59 Å². The number of thioether (sulfide) groups is 1. The number of halogens is 3. The van der Waals surface area contributed by atoms with Gasteiger partial charge >= 0.3 is 0 Å². The van der Waals surface area contributed by atoms with E-state index in [0.717, 1.165) is 20.9 Å². The van der Waals surface area contributed by atoms with Gasteiger partial charge in [0, 0.05) is 20.6 Å². The summed E-state index contributed by atoms with van der Waals surface area (Å²) in [6.45, 7) is 3.99. The van der Waals surface area contributed by atoms with Crippen LogP contribution in [0.1, 0.15) is 11.1 Å². The first kappa shape index (κ1) is 22.7. The van der Waals surface area contributed by atoms with E-state index in [-0.39, 0.29) is 21.3 Å². The lowest BCUT2D eigenvalue weighted by Crippen LogP contribution is -2.32. The molecule has 3 aromatic rings. The molecule has 1 heterocycles. The van der Waals surface area contributed by atoms with Gasteiger partial charge in [-0.25, -0.2) is 4.90 Å². The van der Waals surface area contributed by atoms with Crippen molar-refractivity contribution in [2.45, 2.75) is 18.7 Å². The van der Waals surface area contributed by atoms with Gasteiger partial charge in [-0.15, -0.1) is 0 Å². The van der Waals surface area contributed by atoms with Gasteiger partial charge in [0.15, 0.2) is 0 Å². The fourth-order valence-electron chi connectivity index (χ4n) is 3.18. The van der Waals surface area contributed by atoms with Crippen LogP contribution in [0, 0.1) is 13.8 Å². The second kappa shape index (κ2) is 9.20. The molecule has 0 bridgehead atoms. The predicted molar refractivity (Wildman–Crippen MR) is 133 cm³/mol. The number of anilines is 2. The lowest BCUT2D eigenvalue weighted by molar-refractivity contribution is -0.120. The minimum Gasteiger partial charge on any atom is -0.350 e. The normalized spacial score (nSPS) is 13.8. The Hall–Kier alpha value is -2.44. The molecule has 32 heavy (non-hydrogen) atoms. The number of aryl methyl sites for hydroxylation is 2. The molecule has 0 spiro atoms. The fourth-order valence-corrected chi connectivity index (χ4v) is 4.73. The highest BCUT2D eigenvalue weighted by Crippen LogP contribution is 2.40. The number of hydrogen-bond acceptors (Lipinski definition) is 4. The maximum absolute atomic E-state index is 13.4. The van der Waals surface area contributed by atoms with Crippen LogP contribution in [-0.4, -0.2) is 11.8 Å². The van der Waals surface area contributed by atoms with Crippen molar-refractivity contribution in [2.24, 2.45) is 0 Å². The quantitative estimate of drug-likeness (QED) is 0.372. The molecule has 1 N–H and O–H groups in total. The number of nitrogens with one attached hydrogen (secondary N) is 1. The van der Waals surface area contributed by atoms with Gasteiger partial charge in [-0.3, -0.25) is 9.59 Å². The van der Waals surface area contributed by atoms with Gasteiger partial charge in [0.25, 0.3) is 11.8 Å². The second-order valence-electron chi connectivity index (χ2n) is 7.23. The van der Waals surface area contributed by atoms with Crippen LogP contribution in [0.4, 0.5) is 11.4 Å². The van der Waals surface area contributed by atoms with Crippen LogP contribution >= 0.6 is 46.6 Å². The van der Waals surface area contributed by atoms with Crippen molar-refractivity contribution >= 4 is 69.8 Å². The first-order valence-electron chi connectivity index (χ1n) is 9.60. The van der Waals surface area contributed by atoms with Gasteiger partial charge < -0.3 is 5.32 Å². The molecule has 0 saturated carbocycles. The average molecular weight is 504 g/mol. The summed E-state index contributed by atoms with van der Waals surface area (Å²) in [7, 11) is 0. The Labute approximate surface area is 205 Å². The molecule has 0 saturated heterocycles. The summed E-state index contributed by atoms with van der Waals surface area (Å²) < 4.78 is 0. The van der Waals surface area contributed by atoms with E-state index in [1.54, 1.807) is 36.4 Å². The standard InChI is InChI=1S/C24H17Cl3N2O2S/c1-13-3-7-17(11-14(13)2)28-21-22(32-18-8-4-15(25)5-9-18)24(31)29(23(21)30)20-10-6-16(26)12-19(20)27/h3-12,28H,1-2H3. The molecule has 0 radical (unpaired) electrons. The van der Waals surface area contributed by atoms with E-state index in [0.29, 0.717) is 15.7 Å². The lowest BCUT2D eigenvalue weighted by atomic mass is 10.1. The number of nitrogens with zero attached hydrogens (tertiary/aromatic N) is 1. The van der Waals surface area contributed by atoms with E-state index in [1.165, 1.54) is 17.8 Å². The number of amides is 2. The third-order valence-electron chi connectivity index (χ3n) is 5.00. The minimum absolute atomic E-state index is 0.184. The van der Waals surface area contributed by atoms with Gasteiger partial charge in [-0.2, -0.15) is 0 Å². The van der Waals surface area contributed by atoms with Crippen molar-refractivity contribution in [3.8, 4) is 0 Å². The zero-order chi connectivity index (χ0) is 23.0. The molecule has 0 atom stereocenters. The van der Waals surface area contributed by atoms with Gasteiger partial charge in [-0.05, 0) is 79.6 Å². The molecule has 0 aromatic heterocycles. The van der Waals surface area contributed by atoms with Gasteiger partial charge in [0.2, 0.25) is 0 Å². The highest BCUT2D eigenvalue weighted by Gasteiger charge is 2.41. The summed E-state index contributed by atoms with van der Waals surface area (Å²) in [6, 6.07) is 17.5. The number of rotatable bonds is 5. The minimum atomic E-state index is -0.492. The Kier molecular flexibility index (Phi) is 6.54. The van der Waals surface area contributed by atoms with Crippen LogP contribution in [0.15, 0.2) is 76.2 Å². The van der Waals surface area contributed by atoms with Crippen LogP contribution in [-0.2, 0) is 9.59 Å². The highest BCUT2D eigenvalue weighted by atomic mass is 35.5.